The van der Waals surface area contributed by atoms with Crippen molar-refractivity contribution in [3.05, 3.63) is 181 Å². The molecule has 0 spiro atoms. The van der Waals surface area contributed by atoms with Crippen molar-refractivity contribution in [1.29, 1.82) is 5.26 Å². The number of nitrogens with zero attached hydrogens (tertiary/aromatic N) is 1. The lowest BCUT2D eigenvalue weighted by molar-refractivity contribution is 0.668. The third-order valence-corrected chi connectivity index (χ3v) is 10.1. The van der Waals surface area contributed by atoms with E-state index in [0.717, 1.165) is 99.5 Å². The van der Waals surface area contributed by atoms with Crippen LogP contribution in [-0.2, 0) is 0 Å². The van der Waals surface area contributed by atoms with Gasteiger partial charge in [-0.25, -0.2) is 0 Å². The first-order chi connectivity index (χ1) is 25.7. The summed E-state index contributed by atoms with van der Waals surface area (Å²) < 4.78 is 12.7. The topological polar surface area (TPSA) is 50.1 Å². The molecule has 0 N–H and O–H groups in total. The molecule has 3 heteroatoms. The Kier molecular flexibility index (Phi) is 6.87. The molecule has 0 aliphatic heterocycles. The smallest absolute Gasteiger partial charge is 0.136 e. The minimum absolute atomic E-state index is 0.641. The molecule has 3 nitrogen and oxygen atoms in total. The van der Waals surface area contributed by atoms with Crippen LogP contribution in [0.1, 0.15) is 5.56 Å². The van der Waals surface area contributed by atoms with Gasteiger partial charge in [-0.3, -0.25) is 0 Å². The zero-order valence-corrected chi connectivity index (χ0v) is 28.0. The van der Waals surface area contributed by atoms with Crippen LogP contribution >= 0.6 is 0 Å². The van der Waals surface area contributed by atoms with Crippen molar-refractivity contribution >= 4 is 43.9 Å². The molecule has 10 rings (SSSR count). The Labute approximate surface area is 300 Å². The average Bonchev–Trinajstić information content (AvgIpc) is 3.78. The van der Waals surface area contributed by atoms with Crippen molar-refractivity contribution in [1.82, 2.24) is 0 Å². The normalized spacial score (nSPS) is 11.4. The molecule has 8 aromatic carbocycles. The number of nitriles is 1. The number of rotatable bonds is 5. The SMILES string of the molecule is N#Cc1ccccc1-c1cc(-c2ccccc2)cc(-c2cc(-c3ccc4c(c3)oc3ccccc34)ccc2-c2ccc3c(c2)oc2ccccc23)c1. The maximum Gasteiger partial charge on any atom is 0.136 e. The van der Waals surface area contributed by atoms with Crippen LogP contribution in [0.25, 0.3) is 99.5 Å². The number of fused-ring (bicyclic) bond motifs is 6. The van der Waals surface area contributed by atoms with E-state index in [1.54, 1.807) is 0 Å². The van der Waals surface area contributed by atoms with Crippen molar-refractivity contribution in [3.8, 4) is 61.7 Å². The van der Waals surface area contributed by atoms with E-state index in [1.165, 1.54) is 0 Å². The van der Waals surface area contributed by atoms with Crippen LogP contribution in [-0.4, -0.2) is 0 Å². The molecule has 242 valence electrons. The number of furan rings is 2. The van der Waals surface area contributed by atoms with Crippen LogP contribution in [0.2, 0.25) is 0 Å². The second kappa shape index (κ2) is 12.0. The second-order valence-electron chi connectivity index (χ2n) is 13.2. The summed E-state index contributed by atoms with van der Waals surface area (Å²) in [5.74, 6) is 0. The maximum absolute atomic E-state index is 10.1. The van der Waals surface area contributed by atoms with Gasteiger partial charge in [-0.15, -0.1) is 0 Å². The van der Waals surface area contributed by atoms with Gasteiger partial charge in [0.2, 0.25) is 0 Å². The number of para-hydroxylation sites is 2. The van der Waals surface area contributed by atoms with Gasteiger partial charge in [-0.1, -0.05) is 109 Å². The third-order valence-electron chi connectivity index (χ3n) is 10.1. The molecule has 0 atom stereocenters. The highest BCUT2D eigenvalue weighted by molar-refractivity contribution is 6.07. The average molecular weight is 664 g/mol. The van der Waals surface area contributed by atoms with E-state index in [1.807, 2.05) is 66.7 Å². The van der Waals surface area contributed by atoms with E-state index in [4.69, 9.17) is 8.83 Å². The predicted octanol–water partition coefficient (Wildman–Crippen LogP) is 13.7. The summed E-state index contributed by atoms with van der Waals surface area (Å²) in [7, 11) is 0. The largest absolute Gasteiger partial charge is 0.456 e. The first kappa shape index (κ1) is 29.7. The van der Waals surface area contributed by atoms with Gasteiger partial charge in [0.1, 0.15) is 22.3 Å². The van der Waals surface area contributed by atoms with Gasteiger partial charge < -0.3 is 8.83 Å². The lowest BCUT2D eigenvalue weighted by atomic mass is 9.87. The van der Waals surface area contributed by atoms with E-state index in [-0.39, 0.29) is 0 Å². The Morgan fingerprint density at radius 2 is 0.827 bits per heavy atom. The van der Waals surface area contributed by atoms with E-state index in [0.29, 0.717) is 5.56 Å². The summed E-state index contributed by atoms with van der Waals surface area (Å²) in [6.07, 6.45) is 0. The molecule has 0 amide bonds. The zero-order chi connectivity index (χ0) is 34.6. The van der Waals surface area contributed by atoms with Crippen LogP contribution < -0.4 is 0 Å². The van der Waals surface area contributed by atoms with Gasteiger partial charge >= 0.3 is 0 Å². The third kappa shape index (κ3) is 4.97. The molecule has 10 aromatic rings. The van der Waals surface area contributed by atoms with Crippen molar-refractivity contribution < 1.29 is 8.83 Å². The monoisotopic (exact) mass is 663 g/mol. The maximum atomic E-state index is 10.1. The van der Waals surface area contributed by atoms with Gasteiger partial charge in [0, 0.05) is 21.5 Å². The molecular formula is C49H29NO2. The number of benzene rings is 8. The number of hydrogen-bond donors (Lipinski definition) is 0. The van der Waals surface area contributed by atoms with Gasteiger partial charge in [0.05, 0.1) is 11.6 Å². The number of hydrogen-bond acceptors (Lipinski definition) is 3. The standard InChI is InChI=1S/C49H29NO2/c50-30-35-12-4-5-13-39(35)37-24-36(31-10-2-1-3-11-31)25-38(26-37)45-27-32(33-19-22-43-41-14-6-8-16-46(41)51-48(43)28-33)18-21-40(45)34-20-23-44-42-15-7-9-17-47(42)52-49(44)29-34/h1-29H. The Hall–Kier alpha value is -7.15. The Morgan fingerprint density at radius 1 is 0.308 bits per heavy atom. The quantitative estimate of drug-likeness (QED) is 0.184. The lowest BCUT2D eigenvalue weighted by Crippen LogP contribution is -1.92. The van der Waals surface area contributed by atoms with E-state index < -0.39 is 0 Å². The van der Waals surface area contributed by atoms with E-state index in [2.05, 4.69) is 115 Å². The van der Waals surface area contributed by atoms with E-state index >= 15 is 0 Å². The fourth-order valence-corrected chi connectivity index (χ4v) is 7.58. The molecule has 0 unspecified atom stereocenters. The van der Waals surface area contributed by atoms with Gasteiger partial charge in [-0.2, -0.15) is 5.26 Å². The summed E-state index contributed by atoms with van der Waals surface area (Å²) in [6.45, 7) is 0. The highest BCUT2D eigenvalue weighted by Crippen LogP contribution is 2.42. The van der Waals surface area contributed by atoms with Crippen LogP contribution in [0.15, 0.2) is 185 Å². The Balaban J connectivity index is 1.22. The first-order valence-electron chi connectivity index (χ1n) is 17.4. The molecule has 52 heavy (non-hydrogen) atoms. The Morgan fingerprint density at radius 3 is 1.54 bits per heavy atom. The summed E-state index contributed by atoms with van der Waals surface area (Å²) in [5, 5.41) is 14.5. The van der Waals surface area contributed by atoms with Crippen LogP contribution in [0.3, 0.4) is 0 Å². The minimum atomic E-state index is 0.641. The molecule has 0 fully saturated rings. The van der Waals surface area contributed by atoms with Crippen molar-refractivity contribution in [2.45, 2.75) is 0 Å². The minimum Gasteiger partial charge on any atom is -0.456 e. The molecule has 0 aliphatic carbocycles. The molecule has 0 radical (unpaired) electrons. The van der Waals surface area contributed by atoms with Crippen molar-refractivity contribution in [2.24, 2.45) is 0 Å². The van der Waals surface area contributed by atoms with Gasteiger partial charge in [0.15, 0.2) is 0 Å². The van der Waals surface area contributed by atoms with Crippen molar-refractivity contribution in [2.75, 3.05) is 0 Å². The van der Waals surface area contributed by atoms with Crippen LogP contribution in [0.5, 0.6) is 0 Å². The molecular weight excluding hydrogens is 635 g/mol. The summed E-state index contributed by atoms with van der Waals surface area (Å²) >= 11 is 0. The highest BCUT2D eigenvalue weighted by Gasteiger charge is 2.17. The van der Waals surface area contributed by atoms with Crippen molar-refractivity contribution in [3.63, 3.8) is 0 Å². The van der Waals surface area contributed by atoms with Crippen LogP contribution in [0, 0.1) is 11.3 Å². The molecule has 0 bridgehead atoms. The summed E-state index contributed by atoms with van der Waals surface area (Å²) in [4.78, 5) is 0. The highest BCUT2D eigenvalue weighted by atomic mass is 16.3. The van der Waals surface area contributed by atoms with Gasteiger partial charge in [-0.05, 0) is 122 Å². The molecule has 0 saturated carbocycles. The molecule has 2 heterocycles. The Bertz CT molecular complexity index is 3030. The molecule has 0 aliphatic rings. The van der Waals surface area contributed by atoms with E-state index in [9.17, 15) is 5.26 Å². The predicted molar refractivity (Wildman–Crippen MR) is 213 cm³/mol. The lowest BCUT2D eigenvalue weighted by Gasteiger charge is -2.17. The fourth-order valence-electron chi connectivity index (χ4n) is 7.58. The summed E-state index contributed by atoms with van der Waals surface area (Å²) in [5.41, 5.74) is 14.6. The van der Waals surface area contributed by atoms with Crippen LogP contribution in [0.4, 0.5) is 0 Å². The van der Waals surface area contributed by atoms with Gasteiger partial charge in [0.25, 0.3) is 0 Å². The second-order valence-corrected chi connectivity index (χ2v) is 13.2. The summed E-state index contributed by atoms with van der Waals surface area (Å²) in [6, 6.07) is 63.4. The molecule has 2 aromatic heterocycles. The fraction of sp³-hybridized carbons (Fsp3) is 0. The zero-order valence-electron chi connectivity index (χ0n) is 28.0. The molecule has 0 saturated heterocycles. The first-order valence-corrected chi connectivity index (χ1v) is 17.4.